The Morgan fingerprint density at radius 2 is 1.75 bits per heavy atom. The normalized spacial score (nSPS) is 14.8. The van der Waals surface area contributed by atoms with E-state index in [1.165, 1.54) is 19.9 Å². The fraction of sp³-hybridized carbons (Fsp3) is 0.333. The Morgan fingerprint density at radius 3 is 2.10 bits per heavy atom. The second-order valence-electron chi connectivity index (χ2n) is 3.82. The average Bonchev–Trinajstić information content (AvgIpc) is 2.31. The zero-order valence-electron chi connectivity index (χ0n) is 11.0. The minimum atomic E-state index is -4.90. The summed E-state index contributed by atoms with van der Waals surface area (Å²) in [7, 11) is 0. The van der Waals surface area contributed by atoms with E-state index >= 15 is 0 Å². The van der Waals surface area contributed by atoms with Crippen LogP contribution in [0.5, 0.6) is 0 Å². The predicted octanol–water partition coefficient (Wildman–Crippen LogP) is 4.28. The van der Waals surface area contributed by atoms with E-state index < -0.39 is 23.4 Å². The highest BCUT2D eigenvalue weighted by Gasteiger charge is 2.37. The summed E-state index contributed by atoms with van der Waals surface area (Å²) in [6.45, 7) is 7.12. The highest BCUT2D eigenvalue weighted by molar-refractivity contribution is 6.29. The van der Waals surface area contributed by atoms with Crippen molar-refractivity contribution in [3.8, 4) is 0 Å². The number of nitrogens with zero attached hydrogens (tertiary/aromatic N) is 2. The molecule has 0 unspecified atom stereocenters. The number of amides is 1. The van der Waals surface area contributed by atoms with Gasteiger partial charge in [-0.05, 0) is 32.4 Å². The maximum atomic E-state index is 12.8. The molecule has 20 heavy (non-hydrogen) atoms. The molecule has 0 saturated heterocycles. The van der Waals surface area contributed by atoms with Gasteiger partial charge < -0.3 is 0 Å². The molecule has 0 fully saturated rings. The van der Waals surface area contributed by atoms with Crippen molar-refractivity contribution in [1.82, 2.24) is 0 Å². The Labute approximate surface area is 118 Å². The predicted molar refractivity (Wildman–Crippen MR) is 71.4 cm³/mol. The molecule has 0 spiro atoms. The summed E-state index contributed by atoms with van der Waals surface area (Å²) in [5.41, 5.74) is -2.30. The van der Waals surface area contributed by atoms with E-state index in [4.69, 9.17) is 11.6 Å². The Hall–Kier alpha value is -1.76. The summed E-state index contributed by atoms with van der Waals surface area (Å²) in [6, 6.07) is 0. The van der Waals surface area contributed by atoms with E-state index in [9.17, 15) is 22.9 Å². The minimum Gasteiger partial charge on any atom is -0.264 e. The quantitative estimate of drug-likeness (QED) is 0.337. The number of hydrogen-bond donors (Lipinski definition) is 0. The first kappa shape index (κ1) is 18.2. The molecule has 0 heterocycles. The molecule has 0 aliphatic rings. The second-order valence-corrected chi connectivity index (χ2v) is 4.42. The van der Waals surface area contributed by atoms with Crippen LogP contribution in [0.3, 0.4) is 0 Å². The zero-order chi connectivity index (χ0) is 16.1. The summed E-state index contributed by atoms with van der Waals surface area (Å²) in [5.74, 6) is -1.52. The Balaban J connectivity index is 5.86. The number of rotatable bonds is 4. The number of hydrogen-bond acceptors (Lipinski definition) is 3. The zero-order valence-corrected chi connectivity index (χ0v) is 11.8. The lowest BCUT2D eigenvalue weighted by molar-refractivity contribution is -0.116. The van der Waals surface area contributed by atoms with Gasteiger partial charge in [0.05, 0.1) is 5.57 Å². The van der Waals surface area contributed by atoms with Crippen LogP contribution < -0.4 is 0 Å². The van der Waals surface area contributed by atoms with Crippen LogP contribution in [0.25, 0.3) is 0 Å². The molecule has 0 aromatic heterocycles. The SMILES string of the molecule is C=C(/C=C(\C)Cl)/C(C)=N/C(=C(\C)C(=O)N=O)C(F)(F)F. The van der Waals surface area contributed by atoms with E-state index in [1.54, 1.807) is 0 Å². The summed E-state index contributed by atoms with van der Waals surface area (Å²) in [6.07, 6.45) is -3.57. The number of carbonyl (C=O) groups is 1. The van der Waals surface area contributed by atoms with Crippen LogP contribution in [0, 0.1) is 4.91 Å². The summed E-state index contributed by atoms with van der Waals surface area (Å²) in [5, 5.41) is 2.26. The highest BCUT2D eigenvalue weighted by Crippen LogP contribution is 2.30. The molecule has 0 radical (unpaired) electrons. The number of allylic oxidation sites excluding steroid dienone is 4. The monoisotopic (exact) mass is 308 g/mol. The lowest BCUT2D eigenvalue weighted by Crippen LogP contribution is -2.16. The van der Waals surface area contributed by atoms with Crippen LogP contribution in [0.1, 0.15) is 20.8 Å². The number of carbonyl (C=O) groups excluding carboxylic acids is 1. The third-order valence-corrected chi connectivity index (χ3v) is 2.25. The molecule has 110 valence electrons. The van der Waals surface area contributed by atoms with E-state index in [-0.39, 0.29) is 11.3 Å². The largest absolute Gasteiger partial charge is 0.433 e. The van der Waals surface area contributed by atoms with Gasteiger partial charge in [0, 0.05) is 15.9 Å². The fourth-order valence-electron chi connectivity index (χ4n) is 1.11. The van der Waals surface area contributed by atoms with Crippen molar-refractivity contribution in [3.05, 3.63) is 39.4 Å². The first-order valence-electron chi connectivity index (χ1n) is 5.24. The number of nitroso groups, excluding NO2 is 1. The van der Waals surface area contributed by atoms with Crippen molar-refractivity contribution < 1.29 is 18.0 Å². The number of aliphatic imine (C=N–C) groups is 1. The summed E-state index contributed by atoms with van der Waals surface area (Å²) < 4.78 is 38.5. The van der Waals surface area contributed by atoms with Crippen molar-refractivity contribution in [3.63, 3.8) is 0 Å². The van der Waals surface area contributed by atoms with E-state index in [0.717, 1.165) is 6.92 Å². The van der Waals surface area contributed by atoms with Crippen LogP contribution in [-0.2, 0) is 4.79 Å². The Morgan fingerprint density at radius 1 is 1.25 bits per heavy atom. The molecule has 1 amide bonds. The van der Waals surface area contributed by atoms with Crippen molar-refractivity contribution in [2.75, 3.05) is 0 Å². The van der Waals surface area contributed by atoms with Crippen LogP contribution in [0.4, 0.5) is 13.2 Å². The summed E-state index contributed by atoms with van der Waals surface area (Å²) in [4.78, 5) is 24.3. The first-order chi connectivity index (χ1) is 9.00. The third-order valence-electron chi connectivity index (χ3n) is 2.14. The van der Waals surface area contributed by atoms with Gasteiger partial charge >= 0.3 is 12.1 Å². The van der Waals surface area contributed by atoms with Crippen LogP contribution in [-0.4, -0.2) is 17.8 Å². The van der Waals surface area contributed by atoms with Crippen molar-refractivity contribution in [2.45, 2.75) is 26.9 Å². The van der Waals surface area contributed by atoms with Crippen LogP contribution >= 0.6 is 11.6 Å². The third kappa shape index (κ3) is 5.48. The van der Waals surface area contributed by atoms with Gasteiger partial charge in [0.1, 0.15) is 0 Å². The molecule has 0 aliphatic heterocycles. The topological polar surface area (TPSA) is 58.9 Å². The fourth-order valence-corrected chi connectivity index (χ4v) is 1.25. The molecule has 8 heteroatoms. The highest BCUT2D eigenvalue weighted by atomic mass is 35.5. The minimum absolute atomic E-state index is 0.0876. The maximum Gasteiger partial charge on any atom is 0.433 e. The molecular formula is C12H12ClF3N2O2. The molecule has 0 atom stereocenters. The molecular weight excluding hydrogens is 297 g/mol. The maximum absolute atomic E-state index is 12.8. The lowest BCUT2D eigenvalue weighted by Gasteiger charge is -2.11. The van der Waals surface area contributed by atoms with Gasteiger partial charge in [0.15, 0.2) is 5.70 Å². The van der Waals surface area contributed by atoms with E-state index in [0.29, 0.717) is 5.03 Å². The van der Waals surface area contributed by atoms with Crippen molar-refractivity contribution >= 4 is 23.2 Å². The van der Waals surface area contributed by atoms with Crippen LogP contribution in [0.2, 0.25) is 0 Å². The van der Waals surface area contributed by atoms with Crippen LogP contribution in [0.15, 0.2) is 44.7 Å². The van der Waals surface area contributed by atoms with Gasteiger partial charge in [-0.1, -0.05) is 18.2 Å². The first-order valence-corrected chi connectivity index (χ1v) is 5.62. The number of halogens is 4. The van der Waals surface area contributed by atoms with Crippen molar-refractivity contribution in [2.24, 2.45) is 10.2 Å². The van der Waals surface area contributed by atoms with Gasteiger partial charge in [-0.15, -0.1) is 4.91 Å². The average molecular weight is 309 g/mol. The molecule has 0 bridgehead atoms. The number of alkyl halides is 3. The van der Waals surface area contributed by atoms with Gasteiger partial charge in [-0.2, -0.15) is 13.2 Å². The summed E-state index contributed by atoms with van der Waals surface area (Å²) >= 11 is 5.58. The molecule has 0 aromatic rings. The molecule has 0 N–H and O–H groups in total. The van der Waals surface area contributed by atoms with E-state index in [1.807, 2.05) is 5.18 Å². The van der Waals surface area contributed by atoms with E-state index in [2.05, 4.69) is 11.6 Å². The molecule has 0 aromatic carbocycles. The molecule has 0 saturated carbocycles. The van der Waals surface area contributed by atoms with Crippen molar-refractivity contribution in [1.29, 1.82) is 0 Å². The molecule has 0 rings (SSSR count). The Bertz CT molecular complexity index is 527. The second kappa shape index (κ2) is 7.14. The van der Waals surface area contributed by atoms with Gasteiger partial charge in [0.25, 0.3) is 0 Å². The lowest BCUT2D eigenvalue weighted by atomic mass is 10.1. The van der Waals surface area contributed by atoms with Gasteiger partial charge in [-0.25, -0.2) is 4.99 Å². The van der Waals surface area contributed by atoms with Gasteiger partial charge in [-0.3, -0.25) is 4.79 Å². The molecule has 4 nitrogen and oxygen atoms in total. The Kier molecular flexibility index (Phi) is 6.51. The van der Waals surface area contributed by atoms with Gasteiger partial charge in [0.2, 0.25) is 0 Å². The standard InChI is InChI=1S/C12H12ClF3N2O2/c1-6(5-7(2)13)9(4)17-10(12(14,15)16)8(3)11(19)18-20/h5H,1H2,2-4H3/b7-5+,10-8+,17-9+. The smallest absolute Gasteiger partial charge is 0.264 e. The molecule has 0 aliphatic carbocycles.